The third-order valence-electron chi connectivity index (χ3n) is 5.57. The van der Waals surface area contributed by atoms with E-state index in [0.29, 0.717) is 0 Å². The van der Waals surface area contributed by atoms with Crippen molar-refractivity contribution in [3.05, 3.63) is 107 Å². The summed E-state index contributed by atoms with van der Waals surface area (Å²) in [6.07, 6.45) is 2.73. The van der Waals surface area contributed by atoms with Gasteiger partial charge in [0.1, 0.15) is 0 Å². The van der Waals surface area contributed by atoms with Crippen molar-refractivity contribution < 1.29 is 0 Å². The second kappa shape index (κ2) is 8.02. The van der Waals surface area contributed by atoms with Crippen LogP contribution in [0, 0.1) is 20.8 Å². The van der Waals surface area contributed by atoms with Gasteiger partial charge in [-0.2, -0.15) is 0 Å². The Balaban J connectivity index is 0.000000151. The Bertz CT molecular complexity index is 1100. The van der Waals surface area contributed by atoms with E-state index < -0.39 is 0 Å². The number of benzene rings is 4. The van der Waals surface area contributed by atoms with E-state index in [2.05, 4.69) is 106 Å². The maximum atomic E-state index is 2.34. The third-order valence-corrected chi connectivity index (χ3v) is 5.57. The molecule has 4 aromatic rings. The lowest BCUT2D eigenvalue weighted by atomic mass is 9.92. The zero-order valence-electron chi connectivity index (χ0n) is 17.1. The third kappa shape index (κ3) is 4.17. The molecule has 0 radical (unpaired) electrons. The average Bonchev–Trinajstić information content (AvgIpc) is 3.54. The predicted octanol–water partition coefficient (Wildman–Crippen LogP) is 8.00. The summed E-state index contributed by atoms with van der Waals surface area (Å²) in [7, 11) is 0. The minimum absolute atomic E-state index is 0.810. The van der Waals surface area contributed by atoms with Gasteiger partial charge >= 0.3 is 0 Å². The van der Waals surface area contributed by atoms with Crippen molar-refractivity contribution in [2.24, 2.45) is 0 Å². The second-order valence-electron chi connectivity index (χ2n) is 8.03. The molecular weight excluding hydrogens is 336 g/mol. The van der Waals surface area contributed by atoms with E-state index in [0.717, 1.165) is 5.92 Å². The van der Waals surface area contributed by atoms with Crippen molar-refractivity contribution in [1.82, 2.24) is 0 Å². The molecule has 0 heterocycles. The fourth-order valence-corrected chi connectivity index (χ4v) is 3.84. The van der Waals surface area contributed by atoms with Crippen molar-refractivity contribution in [2.45, 2.75) is 39.5 Å². The first-order valence-electron chi connectivity index (χ1n) is 10.2. The quantitative estimate of drug-likeness (QED) is 0.338. The van der Waals surface area contributed by atoms with Crippen LogP contribution >= 0.6 is 0 Å². The summed E-state index contributed by atoms with van der Waals surface area (Å²) in [5, 5.41) is 2.64. The molecule has 1 saturated carbocycles. The minimum Gasteiger partial charge on any atom is -0.0620 e. The lowest BCUT2D eigenvalue weighted by molar-refractivity contribution is 1.13. The van der Waals surface area contributed by atoms with Gasteiger partial charge in [0.05, 0.1) is 0 Å². The van der Waals surface area contributed by atoms with Crippen molar-refractivity contribution >= 4 is 10.8 Å². The SMILES string of the molecule is Cc1ccc(C2CC2)c(-c2ccccc2C)c1.Cc1ccc2ccccc2c1. The first-order valence-corrected chi connectivity index (χ1v) is 10.2. The van der Waals surface area contributed by atoms with Gasteiger partial charge in [-0.25, -0.2) is 0 Å². The van der Waals surface area contributed by atoms with Crippen molar-refractivity contribution in [3.63, 3.8) is 0 Å². The fraction of sp³-hybridized carbons (Fsp3) is 0.214. The average molecular weight is 365 g/mol. The highest BCUT2D eigenvalue weighted by atomic mass is 14.3. The molecule has 140 valence electrons. The molecule has 0 heteroatoms. The summed E-state index contributed by atoms with van der Waals surface area (Å²) < 4.78 is 0. The number of rotatable bonds is 2. The molecule has 5 rings (SSSR count). The summed E-state index contributed by atoms with van der Waals surface area (Å²) in [6, 6.07) is 30.5. The summed E-state index contributed by atoms with van der Waals surface area (Å²) in [4.78, 5) is 0. The van der Waals surface area contributed by atoms with E-state index in [1.807, 2.05) is 0 Å². The van der Waals surface area contributed by atoms with Crippen LogP contribution in [0.2, 0.25) is 0 Å². The minimum atomic E-state index is 0.810. The van der Waals surface area contributed by atoms with Crippen LogP contribution in [0.25, 0.3) is 21.9 Å². The van der Waals surface area contributed by atoms with Crippen molar-refractivity contribution in [2.75, 3.05) is 0 Å². The van der Waals surface area contributed by atoms with Crippen LogP contribution in [0.5, 0.6) is 0 Å². The standard InChI is InChI=1S/C17H18.C11H10/c1-12-7-10-16(14-8-9-14)17(11-12)15-6-4-3-5-13(15)2;1-9-6-7-10-4-2-3-5-11(10)8-9/h3-7,10-11,14H,8-9H2,1-2H3;2-8H,1H3. The van der Waals surface area contributed by atoms with Gasteiger partial charge in [0, 0.05) is 0 Å². The van der Waals surface area contributed by atoms with Crippen LogP contribution < -0.4 is 0 Å². The topological polar surface area (TPSA) is 0 Å². The lowest BCUT2D eigenvalue weighted by Crippen LogP contribution is -1.90. The molecule has 0 aromatic heterocycles. The molecule has 0 saturated heterocycles. The zero-order chi connectivity index (χ0) is 19.5. The monoisotopic (exact) mass is 364 g/mol. The highest BCUT2D eigenvalue weighted by molar-refractivity contribution is 5.82. The molecule has 28 heavy (non-hydrogen) atoms. The summed E-state index contributed by atoms with van der Waals surface area (Å²) in [5.74, 6) is 0.810. The molecule has 0 amide bonds. The molecular formula is C28H28. The Hall–Kier alpha value is -2.86. The van der Waals surface area contributed by atoms with Gasteiger partial charge in [-0.15, -0.1) is 0 Å². The normalized spacial score (nSPS) is 13.1. The molecule has 1 aliphatic carbocycles. The fourth-order valence-electron chi connectivity index (χ4n) is 3.84. The molecule has 0 spiro atoms. The molecule has 0 N–H and O–H groups in total. The first kappa shape index (κ1) is 18.5. The van der Waals surface area contributed by atoms with Crippen LogP contribution in [0.15, 0.2) is 84.9 Å². The molecule has 0 aliphatic heterocycles. The number of hydrogen-bond acceptors (Lipinski definition) is 0. The first-order chi connectivity index (χ1) is 13.6. The molecule has 0 nitrogen and oxygen atoms in total. The van der Waals surface area contributed by atoms with Crippen molar-refractivity contribution in [1.29, 1.82) is 0 Å². The smallest absolute Gasteiger partial charge is 0.0144 e. The highest BCUT2D eigenvalue weighted by Gasteiger charge is 2.26. The van der Waals surface area contributed by atoms with Crippen LogP contribution in [-0.2, 0) is 0 Å². The Morgan fingerprint density at radius 1 is 0.571 bits per heavy atom. The van der Waals surface area contributed by atoms with E-state index in [1.165, 1.54) is 51.4 Å². The van der Waals surface area contributed by atoms with Crippen LogP contribution in [0.1, 0.15) is 41.0 Å². The van der Waals surface area contributed by atoms with E-state index in [4.69, 9.17) is 0 Å². The summed E-state index contributed by atoms with van der Waals surface area (Å²) >= 11 is 0. The molecule has 4 aromatic carbocycles. The number of fused-ring (bicyclic) bond motifs is 1. The lowest BCUT2D eigenvalue weighted by Gasteiger charge is -2.12. The Kier molecular flexibility index (Phi) is 5.30. The van der Waals surface area contributed by atoms with E-state index in [1.54, 1.807) is 5.56 Å². The van der Waals surface area contributed by atoms with Gasteiger partial charge in [0.2, 0.25) is 0 Å². The van der Waals surface area contributed by atoms with E-state index in [9.17, 15) is 0 Å². The number of aryl methyl sites for hydroxylation is 3. The number of hydrogen-bond donors (Lipinski definition) is 0. The molecule has 1 aliphatic rings. The van der Waals surface area contributed by atoms with Gasteiger partial charge in [-0.3, -0.25) is 0 Å². The Morgan fingerprint density at radius 3 is 1.96 bits per heavy atom. The summed E-state index contributed by atoms with van der Waals surface area (Å²) in [6.45, 7) is 6.50. The van der Waals surface area contributed by atoms with E-state index >= 15 is 0 Å². The van der Waals surface area contributed by atoms with E-state index in [-0.39, 0.29) is 0 Å². The van der Waals surface area contributed by atoms with Crippen LogP contribution in [0.4, 0.5) is 0 Å². The molecule has 0 unspecified atom stereocenters. The van der Waals surface area contributed by atoms with Gasteiger partial charge in [-0.05, 0) is 72.6 Å². The maximum absolute atomic E-state index is 2.34. The molecule has 1 fully saturated rings. The Morgan fingerprint density at radius 2 is 1.21 bits per heavy atom. The Labute approximate surface area is 168 Å². The largest absolute Gasteiger partial charge is 0.0620 e. The zero-order valence-corrected chi connectivity index (χ0v) is 17.1. The van der Waals surface area contributed by atoms with Gasteiger partial charge in [0.15, 0.2) is 0 Å². The second-order valence-corrected chi connectivity index (χ2v) is 8.03. The van der Waals surface area contributed by atoms with Crippen LogP contribution in [-0.4, -0.2) is 0 Å². The van der Waals surface area contributed by atoms with Gasteiger partial charge in [0.25, 0.3) is 0 Å². The highest BCUT2D eigenvalue weighted by Crippen LogP contribution is 2.45. The van der Waals surface area contributed by atoms with Gasteiger partial charge < -0.3 is 0 Å². The van der Waals surface area contributed by atoms with Crippen molar-refractivity contribution in [3.8, 4) is 11.1 Å². The summed E-state index contributed by atoms with van der Waals surface area (Å²) in [5.41, 5.74) is 8.45. The van der Waals surface area contributed by atoms with Crippen LogP contribution in [0.3, 0.4) is 0 Å². The molecule has 0 atom stereocenters. The van der Waals surface area contributed by atoms with Gasteiger partial charge in [-0.1, -0.05) is 96.1 Å². The maximum Gasteiger partial charge on any atom is -0.0144 e. The predicted molar refractivity (Wildman–Crippen MR) is 122 cm³/mol. The molecule has 0 bridgehead atoms.